The van der Waals surface area contributed by atoms with Gasteiger partial charge in [0.1, 0.15) is 0 Å². The van der Waals surface area contributed by atoms with Crippen molar-refractivity contribution >= 4 is 18.5 Å². The van der Waals surface area contributed by atoms with Crippen molar-refractivity contribution in [2.75, 3.05) is 0 Å². The molecular formula is C15H17P. The third kappa shape index (κ3) is 2.51. The Balaban J connectivity index is 2.75. The second-order valence-electron chi connectivity index (χ2n) is 3.36. The van der Waals surface area contributed by atoms with Crippen LogP contribution in [-0.4, -0.2) is 5.64 Å². The van der Waals surface area contributed by atoms with Gasteiger partial charge in [-0.2, -0.15) is 0 Å². The molecule has 16 heavy (non-hydrogen) atoms. The van der Waals surface area contributed by atoms with Crippen molar-refractivity contribution in [3.8, 4) is 0 Å². The molecule has 0 atom stereocenters. The summed E-state index contributed by atoms with van der Waals surface area (Å²) in [7, 11) is -1.93. The van der Waals surface area contributed by atoms with E-state index in [-0.39, 0.29) is 0 Å². The van der Waals surface area contributed by atoms with Crippen LogP contribution in [0.15, 0.2) is 60.7 Å². The van der Waals surface area contributed by atoms with E-state index in [1.54, 1.807) is 60.7 Å². The molecule has 0 bridgehead atoms. The lowest BCUT2D eigenvalue weighted by Crippen LogP contribution is -2.17. The van der Waals surface area contributed by atoms with Gasteiger partial charge in [-0.1, -0.05) is 74.4 Å². The van der Waals surface area contributed by atoms with E-state index >= 15 is 0 Å². The summed E-state index contributed by atoms with van der Waals surface area (Å²) >= 11 is 0. The van der Waals surface area contributed by atoms with Crippen molar-refractivity contribution in [2.24, 2.45) is 0 Å². The summed E-state index contributed by atoms with van der Waals surface area (Å²) in [6.45, 7) is -5.90. The molecule has 0 aliphatic rings. The highest BCUT2D eigenvalue weighted by atomic mass is 31.1. The lowest BCUT2D eigenvalue weighted by molar-refractivity contribution is 1.10. The summed E-state index contributed by atoms with van der Waals surface area (Å²) in [5.41, 5.74) is -2.59. The Morgan fingerprint density at radius 1 is 0.875 bits per heavy atom. The van der Waals surface area contributed by atoms with Crippen LogP contribution < -0.4 is 10.6 Å². The van der Waals surface area contributed by atoms with Gasteiger partial charge in [-0.25, -0.2) is 0 Å². The van der Waals surface area contributed by atoms with Crippen molar-refractivity contribution in [3.63, 3.8) is 0 Å². The SMILES string of the molecule is [2H]C([2H])([2H])C([2H])(P(c1ccccc1)c1ccccc1)C([2H])([2H])[2H]. The number of benzene rings is 2. The van der Waals surface area contributed by atoms with Gasteiger partial charge < -0.3 is 0 Å². The predicted molar refractivity (Wildman–Crippen MR) is 74.2 cm³/mol. The van der Waals surface area contributed by atoms with E-state index in [1.165, 1.54) is 0 Å². The summed E-state index contributed by atoms with van der Waals surface area (Å²) in [4.78, 5) is 0. The van der Waals surface area contributed by atoms with Gasteiger partial charge >= 0.3 is 0 Å². The predicted octanol–water partition coefficient (Wildman–Crippen LogP) is 3.53. The smallest absolute Gasteiger partial charge is 0.0353 e. The Hall–Kier alpha value is -1.13. The summed E-state index contributed by atoms with van der Waals surface area (Å²) in [5.74, 6) is 0. The molecule has 1 heteroatoms. The van der Waals surface area contributed by atoms with Crippen LogP contribution in [0.25, 0.3) is 0 Å². The molecule has 0 N–H and O–H groups in total. The number of rotatable bonds is 3. The van der Waals surface area contributed by atoms with Gasteiger partial charge in [0.25, 0.3) is 0 Å². The lowest BCUT2D eigenvalue weighted by Gasteiger charge is -2.22. The van der Waals surface area contributed by atoms with E-state index < -0.39 is 27.3 Å². The van der Waals surface area contributed by atoms with Crippen LogP contribution >= 0.6 is 7.92 Å². The van der Waals surface area contributed by atoms with Gasteiger partial charge in [-0.05, 0) is 24.2 Å². The highest BCUT2D eigenvalue weighted by Gasteiger charge is 2.16. The molecule has 0 aliphatic heterocycles. The molecule has 0 nitrogen and oxygen atoms in total. The molecule has 0 amide bonds. The molecule has 0 aliphatic carbocycles. The normalized spacial score (nSPS) is 19.7. The van der Waals surface area contributed by atoms with Gasteiger partial charge in [0.15, 0.2) is 0 Å². The number of hydrogen-bond donors (Lipinski definition) is 0. The molecule has 0 saturated carbocycles. The average Bonchev–Trinajstić information content (AvgIpc) is 2.47. The molecule has 0 heterocycles. The van der Waals surface area contributed by atoms with E-state index in [4.69, 9.17) is 9.60 Å². The Bertz CT molecular complexity index is 581. The quantitative estimate of drug-likeness (QED) is 0.714. The Kier molecular flexibility index (Phi) is 1.80. The van der Waals surface area contributed by atoms with Crippen LogP contribution in [0.1, 0.15) is 23.3 Å². The van der Waals surface area contributed by atoms with Crippen LogP contribution in [0, 0.1) is 0 Å². The average molecular weight is 235 g/mol. The summed E-state index contributed by atoms with van der Waals surface area (Å²) in [6.07, 6.45) is 0. The Morgan fingerprint density at radius 2 is 1.31 bits per heavy atom. The van der Waals surface area contributed by atoms with Crippen molar-refractivity contribution in [2.45, 2.75) is 19.3 Å². The molecular weight excluding hydrogens is 211 g/mol. The second kappa shape index (κ2) is 5.27. The molecule has 0 unspecified atom stereocenters. The van der Waals surface area contributed by atoms with E-state index in [9.17, 15) is 0 Å². The van der Waals surface area contributed by atoms with E-state index in [0.29, 0.717) is 10.6 Å². The molecule has 0 radical (unpaired) electrons. The zero-order chi connectivity index (χ0) is 17.3. The first-order chi connectivity index (χ1) is 10.6. The Morgan fingerprint density at radius 3 is 1.69 bits per heavy atom. The standard InChI is InChI=1S/C15H17P/c1-13(2)16(14-9-5-3-6-10-14)15-11-7-4-8-12-15/h3-13H,1-2H3/i1D3,2D3,13D. The zero-order valence-electron chi connectivity index (χ0n) is 15.7. The maximum Gasteiger partial charge on any atom is 0.0353 e. The summed E-state index contributed by atoms with van der Waals surface area (Å²) in [5, 5.41) is 1.13. The first-order valence-electron chi connectivity index (χ1n) is 8.49. The maximum absolute atomic E-state index is 8.56. The first-order valence-corrected chi connectivity index (χ1v) is 6.33. The van der Waals surface area contributed by atoms with Crippen LogP contribution in [-0.2, 0) is 0 Å². The van der Waals surface area contributed by atoms with Gasteiger partial charge in [-0.15, -0.1) is 0 Å². The molecule has 2 aromatic rings. The van der Waals surface area contributed by atoms with E-state index in [0.717, 1.165) is 0 Å². The maximum atomic E-state index is 8.56. The first kappa shape index (κ1) is 5.47. The number of hydrogen-bond acceptors (Lipinski definition) is 0. The Labute approximate surface area is 109 Å². The third-order valence-corrected chi connectivity index (χ3v) is 4.33. The monoisotopic (exact) mass is 235 g/mol. The minimum atomic E-state index is -2.95. The fraction of sp³-hybridized carbons (Fsp3) is 0.200. The minimum Gasteiger partial charge on any atom is -0.0622 e. The van der Waals surface area contributed by atoms with Crippen LogP contribution in [0.2, 0.25) is 0 Å². The van der Waals surface area contributed by atoms with Crippen LogP contribution in [0.5, 0.6) is 0 Å². The molecule has 0 spiro atoms. The van der Waals surface area contributed by atoms with Gasteiger partial charge in [0.05, 0.1) is 0 Å². The van der Waals surface area contributed by atoms with E-state index in [2.05, 4.69) is 0 Å². The largest absolute Gasteiger partial charge is 0.0622 e. The molecule has 2 rings (SSSR count). The van der Waals surface area contributed by atoms with Crippen molar-refractivity contribution in [3.05, 3.63) is 60.7 Å². The van der Waals surface area contributed by atoms with Crippen molar-refractivity contribution < 1.29 is 9.60 Å². The summed E-state index contributed by atoms with van der Waals surface area (Å²) < 4.78 is 55.2. The zero-order valence-corrected chi connectivity index (χ0v) is 9.62. The van der Waals surface area contributed by atoms with Gasteiger partial charge in [-0.3, -0.25) is 0 Å². The topological polar surface area (TPSA) is 0 Å². The van der Waals surface area contributed by atoms with Crippen molar-refractivity contribution in [1.29, 1.82) is 0 Å². The lowest BCUT2D eigenvalue weighted by atomic mass is 10.4. The van der Waals surface area contributed by atoms with Gasteiger partial charge in [0.2, 0.25) is 0 Å². The van der Waals surface area contributed by atoms with Crippen LogP contribution in [0.3, 0.4) is 0 Å². The summed E-state index contributed by atoms with van der Waals surface area (Å²) in [6, 6.07) is 17.2. The molecule has 0 saturated heterocycles. The fourth-order valence-electron chi connectivity index (χ4n) is 1.56. The fourth-order valence-corrected chi connectivity index (χ4v) is 3.32. The minimum absolute atomic E-state index is 0.566. The molecule has 0 aromatic heterocycles. The molecule has 2 aromatic carbocycles. The van der Waals surface area contributed by atoms with Gasteiger partial charge in [0, 0.05) is 9.60 Å². The third-order valence-electron chi connectivity index (χ3n) is 2.25. The highest BCUT2D eigenvalue weighted by Crippen LogP contribution is 2.38. The second-order valence-corrected chi connectivity index (χ2v) is 5.51. The van der Waals surface area contributed by atoms with E-state index in [1.807, 2.05) is 0 Å². The molecule has 82 valence electrons. The van der Waals surface area contributed by atoms with Crippen molar-refractivity contribution in [1.82, 2.24) is 0 Å². The van der Waals surface area contributed by atoms with Crippen LogP contribution in [0.4, 0.5) is 0 Å². The highest BCUT2D eigenvalue weighted by molar-refractivity contribution is 7.73. The molecule has 0 fully saturated rings.